The molecular formula is C27H31N3OS2. The van der Waals surface area contributed by atoms with Crippen LogP contribution in [0.4, 0.5) is 10.5 Å². The van der Waals surface area contributed by atoms with E-state index in [1.165, 1.54) is 27.8 Å². The van der Waals surface area contributed by atoms with E-state index in [-0.39, 0.29) is 12.1 Å². The second kappa shape index (κ2) is 10.2. The van der Waals surface area contributed by atoms with Gasteiger partial charge in [-0.05, 0) is 74.4 Å². The second-order valence-corrected chi connectivity index (χ2v) is 10.3. The quantitative estimate of drug-likeness (QED) is 0.404. The first-order chi connectivity index (χ1) is 15.9. The Hall–Kier alpha value is -2.44. The molecule has 6 heteroatoms. The topological polar surface area (TPSA) is 45.2 Å². The molecule has 0 atom stereocenters. The third-order valence-electron chi connectivity index (χ3n) is 6.30. The highest BCUT2D eigenvalue weighted by Gasteiger charge is 2.31. The van der Waals surface area contributed by atoms with Crippen molar-refractivity contribution in [2.24, 2.45) is 0 Å². The summed E-state index contributed by atoms with van der Waals surface area (Å²) < 4.78 is 0. The highest BCUT2D eigenvalue weighted by Crippen LogP contribution is 2.35. The lowest BCUT2D eigenvalue weighted by molar-refractivity contribution is 0.185. The van der Waals surface area contributed by atoms with Crippen LogP contribution in [0.25, 0.3) is 0 Å². The number of hydrogen-bond acceptors (Lipinski definition) is 4. The van der Waals surface area contributed by atoms with Gasteiger partial charge in [-0.15, -0.1) is 23.5 Å². The summed E-state index contributed by atoms with van der Waals surface area (Å²) in [6.07, 6.45) is 5.80. The Morgan fingerprint density at radius 1 is 1.03 bits per heavy atom. The molecule has 1 aliphatic rings. The van der Waals surface area contributed by atoms with Crippen molar-refractivity contribution < 1.29 is 4.79 Å². The molecule has 2 aromatic carbocycles. The Labute approximate surface area is 205 Å². The highest BCUT2D eigenvalue weighted by molar-refractivity contribution is 7.99. The van der Waals surface area contributed by atoms with Crippen molar-refractivity contribution in [2.45, 2.75) is 56.1 Å². The van der Waals surface area contributed by atoms with E-state index in [0.717, 1.165) is 34.1 Å². The third-order valence-corrected chi connectivity index (χ3v) is 7.74. The average molecular weight is 478 g/mol. The fourth-order valence-electron chi connectivity index (χ4n) is 4.49. The number of pyridine rings is 1. The summed E-state index contributed by atoms with van der Waals surface area (Å²) in [5.41, 5.74) is 8.06. The summed E-state index contributed by atoms with van der Waals surface area (Å²) in [4.78, 5) is 21.6. The molecule has 1 aliphatic carbocycles. The minimum atomic E-state index is -0.0648. The van der Waals surface area contributed by atoms with Crippen LogP contribution in [0.2, 0.25) is 0 Å². The number of rotatable bonds is 6. The number of urea groups is 1. The van der Waals surface area contributed by atoms with Crippen LogP contribution in [0, 0.1) is 20.8 Å². The van der Waals surface area contributed by atoms with E-state index < -0.39 is 0 Å². The summed E-state index contributed by atoms with van der Waals surface area (Å²) in [5, 5.41) is 4.10. The molecule has 0 unspecified atom stereocenters. The molecular weight excluding hydrogens is 446 g/mol. The third kappa shape index (κ3) is 5.22. The summed E-state index contributed by atoms with van der Waals surface area (Å²) in [5.74, 6) is 0. The number of fused-ring (bicyclic) bond motifs is 1. The van der Waals surface area contributed by atoms with Crippen molar-refractivity contribution in [1.29, 1.82) is 0 Å². The van der Waals surface area contributed by atoms with Crippen LogP contribution >= 0.6 is 23.5 Å². The lowest BCUT2D eigenvalue weighted by atomic mass is 10.0. The van der Waals surface area contributed by atoms with E-state index in [0.29, 0.717) is 6.54 Å². The van der Waals surface area contributed by atoms with E-state index in [1.54, 1.807) is 23.5 Å². The fraction of sp³-hybridized carbons (Fsp3) is 0.333. The Morgan fingerprint density at radius 2 is 1.73 bits per heavy atom. The van der Waals surface area contributed by atoms with E-state index >= 15 is 0 Å². The van der Waals surface area contributed by atoms with Crippen LogP contribution < -0.4 is 5.32 Å². The number of carbonyl (C=O) groups excluding carboxylic acids is 1. The molecule has 2 amide bonds. The van der Waals surface area contributed by atoms with Crippen molar-refractivity contribution in [3.05, 3.63) is 82.0 Å². The van der Waals surface area contributed by atoms with Crippen LogP contribution in [0.1, 0.15) is 33.5 Å². The molecule has 0 fully saturated rings. The van der Waals surface area contributed by atoms with E-state index in [4.69, 9.17) is 0 Å². The minimum absolute atomic E-state index is 0.0648. The first-order valence-corrected chi connectivity index (χ1v) is 13.6. The monoisotopic (exact) mass is 477 g/mol. The van der Waals surface area contributed by atoms with Crippen molar-refractivity contribution in [3.8, 4) is 0 Å². The van der Waals surface area contributed by atoms with Crippen LogP contribution in [0.5, 0.6) is 0 Å². The lowest BCUT2D eigenvalue weighted by Gasteiger charge is -2.30. The molecule has 33 heavy (non-hydrogen) atoms. The predicted octanol–water partition coefficient (Wildman–Crippen LogP) is 6.65. The second-order valence-electron chi connectivity index (χ2n) is 8.67. The standard InChI is InChI=1S/C27H31N3OS2/c1-17-10-11-18(2)22(12-17)16-30(23-14-20-8-6-7-9-21(20)15-23)27(31)29-25-24(32-4)13-19(3)28-26(25)33-5/h6-13,23H,14-16H2,1-5H3,(H,29,31). The van der Waals surface area contributed by atoms with Crippen LogP contribution in [-0.4, -0.2) is 34.5 Å². The van der Waals surface area contributed by atoms with Gasteiger partial charge in [-0.2, -0.15) is 0 Å². The molecule has 0 saturated carbocycles. The maximum absolute atomic E-state index is 13.8. The Bertz CT molecular complexity index is 1130. The summed E-state index contributed by atoms with van der Waals surface area (Å²) >= 11 is 3.20. The number of benzene rings is 2. The number of aromatic nitrogens is 1. The normalized spacial score (nSPS) is 13.1. The Morgan fingerprint density at radius 3 is 2.36 bits per heavy atom. The molecule has 0 radical (unpaired) electrons. The van der Waals surface area contributed by atoms with Crippen molar-refractivity contribution in [1.82, 2.24) is 9.88 Å². The smallest absolute Gasteiger partial charge is 0.317 e. The number of hydrogen-bond donors (Lipinski definition) is 1. The molecule has 4 nitrogen and oxygen atoms in total. The molecule has 1 N–H and O–H groups in total. The molecule has 3 aromatic rings. The number of nitrogens with one attached hydrogen (secondary N) is 1. The highest BCUT2D eigenvalue weighted by atomic mass is 32.2. The van der Waals surface area contributed by atoms with Gasteiger partial charge in [0.2, 0.25) is 0 Å². The number of anilines is 1. The molecule has 4 rings (SSSR count). The maximum Gasteiger partial charge on any atom is 0.322 e. The largest absolute Gasteiger partial charge is 0.322 e. The summed E-state index contributed by atoms with van der Waals surface area (Å²) in [6, 6.07) is 17.1. The first kappa shape index (κ1) is 23.7. The molecule has 0 spiro atoms. The number of nitrogens with zero attached hydrogens (tertiary/aromatic N) is 2. The first-order valence-electron chi connectivity index (χ1n) is 11.2. The molecule has 172 valence electrons. The Kier molecular flexibility index (Phi) is 7.35. The van der Waals surface area contributed by atoms with Crippen molar-refractivity contribution >= 4 is 35.2 Å². The van der Waals surface area contributed by atoms with Gasteiger partial charge in [-0.3, -0.25) is 0 Å². The molecule has 0 bridgehead atoms. The van der Waals surface area contributed by atoms with Crippen molar-refractivity contribution in [2.75, 3.05) is 17.8 Å². The average Bonchev–Trinajstić information content (AvgIpc) is 3.24. The van der Waals surface area contributed by atoms with E-state index in [9.17, 15) is 4.79 Å². The summed E-state index contributed by atoms with van der Waals surface area (Å²) in [6.45, 7) is 6.80. The van der Waals surface area contributed by atoms with E-state index in [2.05, 4.69) is 66.6 Å². The summed E-state index contributed by atoms with van der Waals surface area (Å²) in [7, 11) is 0. The van der Waals surface area contributed by atoms with Gasteiger partial charge < -0.3 is 10.2 Å². The maximum atomic E-state index is 13.8. The molecule has 0 aliphatic heterocycles. The van der Waals surface area contributed by atoms with Crippen LogP contribution in [-0.2, 0) is 19.4 Å². The van der Waals surface area contributed by atoms with Gasteiger partial charge in [-0.1, -0.05) is 48.0 Å². The zero-order chi connectivity index (χ0) is 23.5. The van der Waals surface area contributed by atoms with Gasteiger partial charge in [0.25, 0.3) is 0 Å². The lowest BCUT2D eigenvalue weighted by Crippen LogP contribution is -2.43. The Balaban J connectivity index is 1.68. The number of thioether (sulfide) groups is 2. The number of carbonyl (C=O) groups is 1. The van der Waals surface area contributed by atoms with Crippen LogP contribution in [0.3, 0.4) is 0 Å². The van der Waals surface area contributed by atoms with E-state index in [1.807, 2.05) is 30.4 Å². The fourth-order valence-corrected chi connectivity index (χ4v) is 5.80. The van der Waals surface area contributed by atoms with Gasteiger partial charge in [0, 0.05) is 23.2 Å². The van der Waals surface area contributed by atoms with Crippen molar-refractivity contribution in [3.63, 3.8) is 0 Å². The molecule has 1 heterocycles. The van der Waals surface area contributed by atoms with Gasteiger partial charge in [0.1, 0.15) is 5.03 Å². The minimum Gasteiger partial charge on any atom is -0.317 e. The van der Waals surface area contributed by atoms with Gasteiger partial charge in [0.05, 0.1) is 5.69 Å². The SMILES string of the molecule is CSc1cc(C)nc(SC)c1NC(=O)N(Cc1cc(C)ccc1C)C1Cc2ccccc2C1. The molecule has 1 aromatic heterocycles. The molecule has 0 saturated heterocycles. The number of amides is 2. The zero-order valence-corrected chi connectivity index (χ0v) is 21.6. The van der Waals surface area contributed by atoms with Crippen LogP contribution in [0.15, 0.2) is 58.5 Å². The number of aryl methyl sites for hydroxylation is 3. The van der Waals surface area contributed by atoms with Gasteiger partial charge >= 0.3 is 6.03 Å². The van der Waals surface area contributed by atoms with Gasteiger partial charge in [-0.25, -0.2) is 9.78 Å². The predicted molar refractivity (Wildman–Crippen MR) is 141 cm³/mol. The van der Waals surface area contributed by atoms with Gasteiger partial charge in [0.15, 0.2) is 0 Å². The zero-order valence-electron chi connectivity index (χ0n) is 19.9.